The van der Waals surface area contributed by atoms with Crippen LogP contribution < -0.4 is 26.8 Å². The van der Waals surface area contributed by atoms with E-state index in [1.54, 1.807) is 47.6 Å². The number of amides is 1. The fourth-order valence-electron chi connectivity index (χ4n) is 4.19. The summed E-state index contributed by atoms with van der Waals surface area (Å²) in [6.45, 7) is 2.66. The Balaban J connectivity index is 1.41. The maximum Gasteiger partial charge on any atom is 0.253 e. The Morgan fingerprint density at radius 3 is 2.68 bits per heavy atom. The highest BCUT2D eigenvalue weighted by Crippen LogP contribution is 2.29. The minimum Gasteiger partial charge on any atom is -0.508 e. The molecule has 1 aliphatic rings. The third kappa shape index (κ3) is 4.23. The highest BCUT2D eigenvalue weighted by atomic mass is 16.3. The summed E-state index contributed by atoms with van der Waals surface area (Å²) in [5.41, 5.74) is 1.82. The monoisotopic (exact) mass is 460 g/mol. The van der Waals surface area contributed by atoms with Gasteiger partial charge < -0.3 is 30.9 Å². The number of piperazine rings is 1. The Morgan fingerprint density at radius 2 is 1.88 bits per heavy atom. The van der Waals surface area contributed by atoms with E-state index in [0.717, 1.165) is 24.1 Å². The number of aromatic amines is 1. The topological polar surface area (TPSA) is 139 Å². The molecule has 1 aliphatic heterocycles. The van der Waals surface area contributed by atoms with Crippen molar-refractivity contribution >= 4 is 34.0 Å². The van der Waals surface area contributed by atoms with Crippen molar-refractivity contribution < 1.29 is 9.90 Å². The van der Waals surface area contributed by atoms with Crippen LogP contribution in [0.3, 0.4) is 0 Å². The lowest BCUT2D eigenvalue weighted by atomic mass is 10.0. The van der Waals surface area contributed by atoms with Gasteiger partial charge in [0.2, 0.25) is 5.91 Å². The van der Waals surface area contributed by atoms with Crippen LogP contribution in [0.15, 0.2) is 58.4 Å². The molecule has 0 aliphatic carbocycles. The smallest absolute Gasteiger partial charge is 0.253 e. The van der Waals surface area contributed by atoms with Crippen LogP contribution in [-0.4, -0.2) is 52.1 Å². The van der Waals surface area contributed by atoms with Gasteiger partial charge in [-0.05, 0) is 35.9 Å². The van der Waals surface area contributed by atoms with Crippen LogP contribution in [0.25, 0.3) is 11.0 Å². The van der Waals surface area contributed by atoms with Gasteiger partial charge in [0.25, 0.3) is 10.9 Å². The molecule has 1 saturated heterocycles. The zero-order chi connectivity index (χ0) is 23.7. The van der Waals surface area contributed by atoms with Gasteiger partial charge in [-0.1, -0.05) is 12.1 Å². The molecule has 10 nitrogen and oxygen atoms in total. The van der Waals surface area contributed by atoms with E-state index < -0.39 is 16.9 Å². The average molecular weight is 460 g/mol. The molecule has 1 fully saturated rings. The highest BCUT2D eigenvalue weighted by Gasteiger charge is 2.27. The van der Waals surface area contributed by atoms with Gasteiger partial charge in [0, 0.05) is 31.9 Å². The zero-order valence-corrected chi connectivity index (χ0v) is 18.3. The van der Waals surface area contributed by atoms with Gasteiger partial charge in [-0.2, -0.15) is 0 Å². The molecule has 1 unspecified atom stereocenters. The number of nitrogens with one attached hydrogen (secondary N) is 4. The number of imidazole rings is 1. The van der Waals surface area contributed by atoms with Gasteiger partial charge in [0.05, 0.1) is 29.8 Å². The largest absolute Gasteiger partial charge is 0.508 e. The number of hydrogen-bond donors (Lipinski definition) is 5. The Bertz CT molecular complexity index is 1410. The summed E-state index contributed by atoms with van der Waals surface area (Å²) in [5, 5.41) is 19.3. The molecule has 1 aromatic heterocycles. The molecule has 174 valence electrons. The summed E-state index contributed by atoms with van der Waals surface area (Å²) in [5.74, 6) is -0.0182. The standard InChI is InChI=1S/C24H24N6O4/c31-16-3-1-2-14(10-16)18(12-20(32)30-8-6-25-7-9-30)29-22-21(23(33)24(22)34)28-15-4-5-17-19(11-15)27-13-26-17/h1-5,10-11,13,18,25,28-29,31H,6-9,12H2,(H,26,27). The normalized spacial score (nSPS) is 14.9. The Kier molecular flexibility index (Phi) is 5.72. The van der Waals surface area contributed by atoms with Gasteiger partial charge in [0.1, 0.15) is 17.1 Å². The van der Waals surface area contributed by atoms with E-state index in [2.05, 4.69) is 25.9 Å². The highest BCUT2D eigenvalue weighted by molar-refractivity contribution is 5.84. The summed E-state index contributed by atoms with van der Waals surface area (Å²) >= 11 is 0. The number of aromatic hydroxyl groups is 1. The molecule has 5 N–H and O–H groups in total. The van der Waals surface area contributed by atoms with E-state index in [1.165, 1.54) is 6.07 Å². The first-order chi connectivity index (χ1) is 16.5. The number of phenolic OH excluding ortho intramolecular Hbond substituents is 1. The number of carbonyl (C=O) groups excluding carboxylic acids is 1. The van der Waals surface area contributed by atoms with Gasteiger partial charge in [0.15, 0.2) is 0 Å². The third-order valence-corrected chi connectivity index (χ3v) is 6.04. The van der Waals surface area contributed by atoms with Gasteiger partial charge in [-0.25, -0.2) is 4.98 Å². The molecular weight excluding hydrogens is 436 g/mol. The first kappa shape index (κ1) is 21.7. The van der Waals surface area contributed by atoms with Gasteiger partial charge >= 0.3 is 0 Å². The van der Waals surface area contributed by atoms with E-state index in [4.69, 9.17) is 0 Å². The van der Waals surface area contributed by atoms with Crippen LogP contribution in [-0.2, 0) is 4.79 Å². The lowest BCUT2D eigenvalue weighted by molar-refractivity contribution is -0.132. The first-order valence-corrected chi connectivity index (χ1v) is 11.1. The predicted octanol–water partition coefficient (Wildman–Crippen LogP) is 1.58. The number of H-pyrrole nitrogens is 1. The van der Waals surface area contributed by atoms with Crippen LogP contribution in [0, 0.1) is 0 Å². The zero-order valence-electron chi connectivity index (χ0n) is 18.3. The lowest BCUT2D eigenvalue weighted by Gasteiger charge is -2.30. The van der Waals surface area contributed by atoms with E-state index in [-0.39, 0.29) is 29.5 Å². The van der Waals surface area contributed by atoms with Crippen molar-refractivity contribution in [2.24, 2.45) is 0 Å². The summed E-state index contributed by atoms with van der Waals surface area (Å²) < 4.78 is 0. The minimum atomic E-state index is -0.648. The van der Waals surface area contributed by atoms with Crippen molar-refractivity contribution in [3.63, 3.8) is 0 Å². The summed E-state index contributed by atoms with van der Waals surface area (Å²) in [6.07, 6.45) is 1.65. The van der Waals surface area contributed by atoms with E-state index >= 15 is 0 Å². The second kappa shape index (κ2) is 8.99. The van der Waals surface area contributed by atoms with Crippen molar-refractivity contribution in [1.82, 2.24) is 20.2 Å². The molecule has 0 bridgehead atoms. The first-order valence-electron chi connectivity index (χ1n) is 11.1. The summed E-state index contributed by atoms with van der Waals surface area (Å²) in [6, 6.07) is 11.3. The maximum absolute atomic E-state index is 13.0. The molecule has 5 rings (SSSR count). The molecule has 10 heteroatoms. The van der Waals surface area contributed by atoms with E-state index in [9.17, 15) is 19.5 Å². The molecule has 1 amide bonds. The van der Waals surface area contributed by atoms with Crippen LogP contribution in [0.1, 0.15) is 18.0 Å². The van der Waals surface area contributed by atoms with Crippen LogP contribution in [0.4, 0.5) is 17.1 Å². The molecule has 1 atom stereocenters. The predicted molar refractivity (Wildman–Crippen MR) is 129 cm³/mol. The van der Waals surface area contributed by atoms with Crippen molar-refractivity contribution in [2.45, 2.75) is 12.5 Å². The van der Waals surface area contributed by atoms with Crippen molar-refractivity contribution in [3.8, 4) is 5.75 Å². The second-order valence-electron chi connectivity index (χ2n) is 8.29. The van der Waals surface area contributed by atoms with Crippen molar-refractivity contribution in [2.75, 3.05) is 36.8 Å². The molecule has 0 radical (unpaired) electrons. The number of fused-ring (bicyclic) bond motifs is 1. The quantitative estimate of drug-likeness (QED) is 0.262. The maximum atomic E-state index is 13.0. The fourth-order valence-corrected chi connectivity index (χ4v) is 4.19. The molecule has 0 saturated carbocycles. The number of hydrogen-bond acceptors (Lipinski definition) is 8. The molecule has 0 spiro atoms. The Morgan fingerprint density at radius 1 is 1.09 bits per heavy atom. The summed E-state index contributed by atoms with van der Waals surface area (Å²) in [4.78, 5) is 46.8. The number of anilines is 3. The van der Waals surface area contributed by atoms with Gasteiger partial charge in [-0.3, -0.25) is 14.4 Å². The molecule has 2 heterocycles. The minimum absolute atomic E-state index is 0.0510. The van der Waals surface area contributed by atoms with Crippen LogP contribution in [0.2, 0.25) is 0 Å². The number of phenols is 1. The fraction of sp³-hybridized carbons (Fsp3) is 0.250. The molecule has 34 heavy (non-hydrogen) atoms. The third-order valence-electron chi connectivity index (χ3n) is 6.04. The Labute approximate surface area is 194 Å². The molecular formula is C24H24N6O4. The van der Waals surface area contributed by atoms with Crippen molar-refractivity contribution in [1.29, 1.82) is 0 Å². The van der Waals surface area contributed by atoms with E-state index in [0.29, 0.717) is 24.3 Å². The molecule has 3 aromatic carbocycles. The number of benzene rings is 2. The number of nitrogens with zero attached hydrogens (tertiary/aromatic N) is 2. The van der Waals surface area contributed by atoms with Crippen molar-refractivity contribution in [3.05, 3.63) is 74.8 Å². The molecule has 4 aromatic rings. The second-order valence-corrected chi connectivity index (χ2v) is 8.29. The SMILES string of the molecule is O=C(CC(Nc1c(Nc2ccc3nc[nH]c3c2)c(=O)c1=O)c1cccc(O)c1)N1CCNCC1. The number of rotatable bonds is 7. The van der Waals surface area contributed by atoms with Crippen LogP contribution >= 0.6 is 0 Å². The van der Waals surface area contributed by atoms with Crippen LogP contribution in [0.5, 0.6) is 5.75 Å². The average Bonchev–Trinajstić information content (AvgIpc) is 3.33. The lowest BCUT2D eigenvalue weighted by Crippen LogP contribution is -2.47. The number of aromatic nitrogens is 2. The Hall–Kier alpha value is -4.18. The van der Waals surface area contributed by atoms with E-state index in [1.807, 2.05) is 0 Å². The van der Waals surface area contributed by atoms with Gasteiger partial charge in [-0.15, -0.1) is 0 Å². The summed E-state index contributed by atoms with van der Waals surface area (Å²) in [7, 11) is 0. The number of carbonyl (C=O) groups is 1.